The van der Waals surface area contributed by atoms with Crippen molar-refractivity contribution in [2.24, 2.45) is 5.92 Å². The van der Waals surface area contributed by atoms with Crippen LogP contribution in [-0.2, 0) is 11.3 Å². The van der Waals surface area contributed by atoms with Crippen molar-refractivity contribution in [3.63, 3.8) is 0 Å². The fourth-order valence-electron chi connectivity index (χ4n) is 2.96. The van der Waals surface area contributed by atoms with Gasteiger partial charge in [0, 0.05) is 12.5 Å². The Kier molecular flexibility index (Phi) is 4.99. The van der Waals surface area contributed by atoms with Gasteiger partial charge in [-0.2, -0.15) is 5.26 Å². The van der Waals surface area contributed by atoms with Gasteiger partial charge in [-0.3, -0.25) is 4.90 Å². The lowest BCUT2D eigenvalue weighted by Gasteiger charge is -2.30. The van der Waals surface area contributed by atoms with E-state index in [2.05, 4.69) is 11.0 Å². The summed E-state index contributed by atoms with van der Waals surface area (Å²) in [5, 5.41) is 8.76. The first-order valence-electron chi connectivity index (χ1n) is 7.98. The SMILES string of the molecule is CCOC(=O)c1cc2oc(CN3CCC(CC#N)CC3)cc2s1. The second kappa shape index (κ2) is 7.16. The molecule has 1 aliphatic rings. The third-order valence-corrected chi connectivity index (χ3v) is 5.24. The van der Waals surface area contributed by atoms with Crippen LogP contribution in [0.3, 0.4) is 0 Å². The van der Waals surface area contributed by atoms with E-state index in [0.29, 0.717) is 23.8 Å². The monoisotopic (exact) mass is 332 g/mol. The summed E-state index contributed by atoms with van der Waals surface area (Å²) >= 11 is 1.41. The quantitative estimate of drug-likeness (QED) is 0.779. The molecule has 0 unspecified atom stereocenters. The summed E-state index contributed by atoms with van der Waals surface area (Å²) < 4.78 is 11.9. The van der Waals surface area contributed by atoms with E-state index in [1.807, 2.05) is 6.07 Å². The minimum atomic E-state index is -0.287. The molecule has 0 radical (unpaired) electrons. The van der Waals surface area contributed by atoms with Gasteiger partial charge in [-0.25, -0.2) is 4.79 Å². The molecule has 6 heteroatoms. The van der Waals surface area contributed by atoms with Gasteiger partial charge in [-0.15, -0.1) is 11.3 Å². The van der Waals surface area contributed by atoms with Gasteiger partial charge < -0.3 is 9.15 Å². The third-order valence-electron chi connectivity index (χ3n) is 4.20. The summed E-state index contributed by atoms with van der Waals surface area (Å²) in [6.07, 6.45) is 2.83. The highest BCUT2D eigenvalue weighted by Gasteiger charge is 2.21. The second-order valence-electron chi connectivity index (χ2n) is 5.85. The van der Waals surface area contributed by atoms with Crippen LogP contribution in [-0.4, -0.2) is 30.6 Å². The molecule has 5 nitrogen and oxygen atoms in total. The number of esters is 1. The van der Waals surface area contributed by atoms with Crippen LogP contribution >= 0.6 is 11.3 Å². The zero-order valence-electron chi connectivity index (χ0n) is 13.2. The maximum atomic E-state index is 11.7. The molecule has 2 aromatic heterocycles. The van der Waals surface area contributed by atoms with Gasteiger partial charge in [-0.1, -0.05) is 0 Å². The molecule has 1 saturated heterocycles. The van der Waals surface area contributed by atoms with Crippen molar-refractivity contribution >= 4 is 27.6 Å². The molecular formula is C17H20N2O3S. The number of hydrogen-bond acceptors (Lipinski definition) is 6. The summed E-state index contributed by atoms with van der Waals surface area (Å²) in [5.74, 6) is 1.19. The molecule has 2 aromatic rings. The number of rotatable bonds is 5. The predicted molar refractivity (Wildman–Crippen MR) is 88.3 cm³/mol. The zero-order chi connectivity index (χ0) is 16.2. The highest BCUT2D eigenvalue weighted by Crippen LogP contribution is 2.30. The van der Waals surface area contributed by atoms with Crippen LogP contribution < -0.4 is 0 Å². The van der Waals surface area contributed by atoms with Crippen molar-refractivity contribution in [2.45, 2.75) is 32.7 Å². The minimum absolute atomic E-state index is 0.287. The molecular weight excluding hydrogens is 312 g/mol. The van der Waals surface area contributed by atoms with Gasteiger partial charge in [0.15, 0.2) is 0 Å². The van der Waals surface area contributed by atoms with Crippen molar-refractivity contribution < 1.29 is 13.9 Å². The van der Waals surface area contributed by atoms with E-state index in [9.17, 15) is 4.79 Å². The van der Waals surface area contributed by atoms with Gasteiger partial charge in [0.1, 0.15) is 16.2 Å². The average Bonchev–Trinajstić information content (AvgIpc) is 3.08. The first-order chi connectivity index (χ1) is 11.2. The van der Waals surface area contributed by atoms with Crippen molar-refractivity contribution in [2.75, 3.05) is 19.7 Å². The Bertz CT molecular complexity index is 688. The van der Waals surface area contributed by atoms with Crippen LogP contribution in [0, 0.1) is 17.2 Å². The number of ether oxygens (including phenoxy) is 1. The maximum Gasteiger partial charge on any atom is 0.348 e. The van der Waals surface area contributed by atoms with Crippen LogP contribution in [0.2, 0.25) is 0 Å². The number of piperidine rings is 1. The second-order valence-corrected chi connectivity index (χ2v) is 6.94. The average molecular weight is 332 g/mol. The summed E-state index contributed by atoms with van der Waals surface area (Å²) in [6.45, 7) is 4.98. The molecule has 0 aliphatic carbocycles. The van der Waals surface area contributed by atoms with E-state index in [0.717, 1.165) is 48.5 Å². The van der Waals surface area contributed by atoms with E-state index >= 15 is 0 Å². The van der Waals surface area contributed by atoms with Crippen LogP contribution in [0.15, 0.2) is 16.5 Å². The molecule has 0 spiro atoms. The highest BCUT2D eigenvalue weighted by atomic mass is 32.1. The van der Waals surface area contributed by atoms with Gasteiger partial charge >= 0.3 is 5.97 Å². The van der Waals surface area contributed by atoms with Crippen molar-refractivity contribution in [1.29, 1.82) is 5.26 Å². The van der Waals surface area contributed by atoms with Crippen LogP contribution in [0.1, 0.15) is 41.6 Å². The number of nitrogens with zero attached hydrogens (tertiary/aromatic N) is 2. The molecule has 0 bridgehead atoms. The van der Waals surface area contributed by atoms with E-state index in [4.69, 9.17) is 14.4 Å². The Morgan fingerprint density at radius 2 is 2.26 bits per heavy atom. The normalized spacial score (nSPS) is 16.5. The van der Waals surface area contributed by atoms with E-state index in [1.165, 1.54) is 11.3 Å². The van der Waals surface area contributed by atoms with Gasteiger partial charge in [0.25, 0.3) is 0 Å². The van der Waals surface area contributed by atoms with E-state index < -0.39 is 0 Å². The van der Waals surface area contributed by atoms with Crippen LogP contribution in [0.5, 0.6) is 0 Å². The topological polar surface area (TPSA) is 66.5 Å². The molecule has 3 rings (SSSR count). The zero-order valence-corrected chi connectivity index (χ0v) is 14.0. The Morgan fingerprint density at radius 1 is 1.48 bits per heavy atom. The molecule has 0 N–H and O–H groups in total. The predicted octanol–water partition coefficient (Wildman–Crippen LogP) is 3.80. The smallest absolute Gasteiger partial charge is 0.348 e. The number of furan rings is 1. The molecule has 23 heavy (non-hydrogen) atoms. The molecule has 0 saturated carbocycles. The number of hydrogen-bond donors (Lipinski definition) is 0. The molecule has 1 fully saturated rings. The van der Waals surface area contributed by atoms with Crippen molar-refractivity contribution in [3.8, 4) is 6.07 Å². The molecule has 122 valence electrons. The van der Waals surface area contributed by atoms with Crippen molar-refractivity contribution in [3.05, 3.63) is 22.8 Å². The number of thiophene rings is 1. The first kappa shape index (κ1) is 16.0. The van der Waals surface area contributed by atoms with Gasteiger partial charge in [0.05, 0.1) is 23.9 Å². The molecule has 3 heterocycles. The lowest BCUT2D eigenvalue weighted by atomic mass is 9.94. The Morgan fingerprint density at radius 3 is 2.91 bits per heavy atom. The largest absolute Gasteiger partial charge is 0.462 e. The highest BCUT2D eigenvalue weighted by molar-refractivity contribution is 7.20. The van der Waals surface area contributed by atoms with Crippen LogP contribution in [0.25, 0.3) is 10.3 Å². The molecule has 0 atom stereocenters. The summed E-state index contributed by atoms with van der Waals surface area (Å²) in [7, 11) is 0. The molecule has 0 amide bonds. The third kappa shape index (κ3) is 3.74. The summed E-state index contributed by atoms with van der Waals surface area (Å²) in [4.78, 5) is 14.7. The Balaban J connectivity index is 1.60. The maximum absolute atomic E-state index is 11.7. The van der Waals surface area contributed by atoms with Crippen molar-refractivity contribution in [1.82, 2.24) is 4.90 Å². The van der Waals surface area contributed by atoms with Gasteiger partial charge in [0.2, 0.25) is 0 Å². The Hall–Kier alpha value is -1.84. The Labute approximate surface area is 139 Å². The summed E-state index contributed by atoms with van der Waals surface area (Å²) in [5.41, 5.74) is 0.757. The molecule has 0 aromatic carbocycles. The lowest BCUT2D eigenvalue weighted by molar-refractivity contribution is 0.0532. The number of likely N-dealkylation sites (tertiary alicyclic amines) is 1. The number of carbonyl (C=O) groups excluding carboxylic acids is 1. The lowest BCUT2D eigenvalue weighted by Crippen LogP contribution is -2.32. The fourth-order valence-corrected chi connectivity index (χ4v) is 3.90. The van der Waals surface area contributed by atoms with Crippen LogP contribution in [0.4, 0.5) is 0 Å². The summed E-state index contributed by atoms with van der Waals surface area (Å²) in [6, 6.07) is 6.05. The van der Waals surface area contributed by atoms with E-state index in [-0.39, 0.29) is 5.97 Å². The number of nitriles is 1. The number of carbonyl (C=O) groups is 1. The minimum Gasteiger partial charge on any atom is -0.462 e. The number of fused-ring (bicyclic) bond motifs is 1. The standard InChI is InChI=1S/C17H20N2O3S/c1-2-21-17(20)16-10-14-15(23-16)9-13(22-14)11-19-7-4-12(3-6-18)5-8-19/h9-10,12H,2-5,7-8,11H2,1H3. The van der Waals surface area contributed by atoms with Gasteiger partial charge in [-0.05, 0) is 44.8 Å². The van der Waals surface area contributed by atoms with E-state index in [1.54, 1.807) is 13.0 Å². The fraction of sp³-hybridized carbons (Fsp3) is 0.529. The molecule has 1 aliphatic heterocycles. The first-order valence-corrected chi connectivity index (χ1v) is 8.80.